The summed E-state index contributed by atoms with van der Waals surface area (Å²) in [6, 6.07) is 13.8. The second kappa shape index (κ2) is 8.53. The number of aromatic nitrogens is 2. The molecule has 0 unspecified atom stereocenters. The smallest absolute Gasteiger partial charge is 0.269 e. The first-order valence-corrected chi connectivity index (χ1v) is 12.1. The highest BCUT2D eigenvalue weighted by Crippen LogP contribution is 2.34. The molecule has 2 aromatic carbocycles. The SMILES string of the molecule is CCCc1nnsc1C(=O)Nc1ccc2c(c1)CCCN2S(=O)(=O)c1ccccc1. The van der Waals surface area contributed by atoms with E-state index >= 15 is 0 Å². The molecule has 1 amide bonds. The fourth-order valence-corrected chi connectivity index (χ4v) is 5.74. The second-order valence-corrected chi connectivity index (χ2v) is 9.71. The van der Waals surface area contributed by atoms with E-state index in [0.717, 1.165) is 36.4 Å². The molecule has 9 heteroatoms. The van der Waals surface area contributed by atoms with Crippen LogP contribution in [-0.4, -0.2) is 30.5 Å². The first kappa shape index (κ1) is 20.5. The number of fused-ring (bicyclic) bond motifs is 1. The predicted octanol–water partition coefficient (Wildman–Crippen LogP) is 3.88. The Bertz CT molecular complexity index is 1160. The average Bonchev–Trinajstić information content (AvgIpc) is 3.22. The maximum Gasteiger partial charge on any atom is 0.269 e. The molecular weight excluding hydrogens is 420 g/mol. The van der Waals surface area contributed by atoms with Gasteiger partial charge in [-0.15, -0.1) is 5.10 Å². The zero-order chi connectivity index (χ0) is 21.1. The average molecular weight is 443 g/mol. The summed E-state index contributed by atoms with van der Waals surface area (Å²) >= 11 is 1.09. The number of nitrogens with zero attached hydrogens (tertiary/aromatic N) is 3. The number of nitrogens with one attached hydrogen (secondary N) is 1. The van der Waals surface area contributed by atoms with Crippen molar-refractivity contribution < 1.29 is 13.2 Å². The molecule has 3 aromatic rings. The standard InChI is InChI=1S/C21H22N4O3S2/c1-2-7-18-20(29-24-23-18)21(26)22-16-11-12-19-15(14-16)8-6-13-25(19)30(27,28)17-9-4-3-5-10-17/h3-5,9-12,14H,2,6-8,13H2,1H3,(H,22,26). The lowest BCUT2D eigenvalue weighted by Gasteiger charge is -2.30. The Morgan fingerprint density at radius 1 is 1.20 bits per heavy atom. The predicted molar refractivity (Wildman–Crippen MR) is 118 cm³/mol. The first-order valence-electron chi connectivity index (χ1n) is 9.84. The van der Waals surface area contributed by atoms with Crippen LogP contribution in [0.4, 0.5) is 11.4 Å². The van der Waals surface area contributed by atoms with E-state index < -0.39 is 10.0 Å². The molecule has 0 aliphatic carbocycles. The largest absolute Gasteiger partial charge is 0.321 e. The van der Waals surface area contributed by atoms with E-state index in [2.05, 4.69) is 14.9 Å². The molecule has 7 nitrogen and oxygen atoms in total. The van der Waals surface area contributed by atoms with Gasteiger partial charge < -0.3 is 5.32 Å². The fraction of sp³-hybridized carbons (Fsp3) is 0.286. The van der Waals surface area contributed by atoms with Crippen LogP contribution in [0.3, 0.4) is 0 Å². The third-order valence-corrected chi connectivity index (χ3v) is 7.59. The van der Waals surface area contributed by atoms with E-state index in [1.165, 1.54) is 4.31 Å². The van der Waals surface area contributed by atoms with Crippen LogP contribution in [0.25, 0.3) is 0 Å². The first-order chi connectivity index (χ1) is 14.5. The van der Waals surface area contributed by atoms with Crippen molar-refractivity contribution in [2.24, 2.45) is 0 Å². The molecule has 156 valence electrons. The number of amides is 1. The summed E-state index contributed by atoms with van der Waals surface area (Å²) in [5, 5.41) is 6.94. The van der Waals surface area contributed by atoms with Crippen molar-refractivity contribution in [3.05, 3.63) is 64.7 Å². The highest BCUT2D eigenvalue weighted by molar-refractivity contribution is 7.92. The lowest BCUT2D eigenvalue weighted by molar-refractivity contribution is 0.102. The highest BCUT2D eigenvalue weighted by atomic mass is 32.2. The Labute approximate surface area is 180 Å². The number of aryl methyl sites for hydroxylation is 2. The van der Waals surface area contributed by atoms with Crippen LogP contribution in [0.2, 0.25) is 0 Å². The normalized spacial score (nSPS) is 13.7. The second-order valence-electron chi connectivity index (χ2n) is 7.09. The number of hydrogen-bond donors (Lipinski definition) is 1. The van der Waals surface area contributed by atoms with Crippen LogP contribution in [0.5, 0.6) is 0 Å². The Morgan fingerprint density at radius 3 is 2.77 bits per heavy atom. The minimum absolute atomic E-state index is 0.238. The van der Waals surface area contributed by atoms with Gasteiger partial charge in [-0.3, -0.25) is 9.10 Å². The van der Waals surface area contributed by atoms with Crippen molar-refractivity contribution in [3.8, 4) is 0 Å². The molecule has 0 radical (unpaired) electrons. The maximum absolute atomic E-state index is 13.1. The van der Waals surface area contributed by atoms with Gasteiger partial charge in [-0.05, 0) is 66.7 Å². The summed E-state index contributed by atoms with van der Waals surface area (Å²) in [4.78, 5) is 13.5. The van der Waals surface area contributed by atoms with Gasteiger partial charge in [0.2, 0.25) is 0 Å². The topological polar surface area (TPSA) is 92.3 Å². The molecule has 30 heavy (non-hydrogen) atoms. The minimum atomic E-state index is -3.63. The van der Waals surface area contributed by atoms with E-state index in [1.807, 2.05) is 13.0 Å². The van der Waals surface area contributed by atoms with E-state index in [0.29, 0.717) is 34.9 Å². The van der Waals surface area contributed by atoms with Crippen molar-refractivity contribution >= 4 is 38.8 Å². The fourth-order valence-electron chi connectivity index (χ4n) is 3.58. The molecule has 1 aromatic heterocycles. The van der Waals surface area contributed by atoms with Gasteiger partial charge in [0, 0.05) is 12.2 Å². The van der Waals surface area contributed by atoms with Crippen molar-refractivity contribution in [3.63, 3.8) is 0 Å². The monoisotopic (exact) mass is 442 g/mol. The molecular formula is C21H22N4O3S2. The number of benzene rings is 2. The van der Waals surface area contributed by atoms with Crippen molar-refractivity contribution in [1.82, 2.24) is 9.59 Å². The van der Waals surface area contributed by atoms with Gasteiger partial charge in [-0.25, -0.2) is 8.42 Å². The van der Waals surface area contributed by atoms with Crippen molar-refractivity contribution in [2.45, 2.75) is 37.5 Å². The Kier molecular flexibility index (Phi) is 5.83. The van der Waals surface area contributed by atoms with Gasteiger partial charge in [0.1, 0.15) is 4.88 Å². The number of rotatable bonds is 6. The van der Waals surface area contributed by atoms with Gasteiger partial charge in [0.15, 0.2) is 0 Å². The zero-order valence-corrected chi connectivity index (χ0v) is 18.2. The Hall–Kier alpha value is -2.78. The van der Waals surface area contributed by atoms with E-state index in [4.69, 9.17) is 0 Å². The summed E-state index contributed by atoms with van der Waals surface area (Å²) in [5.41, 5.74) is 2.90. The third-order valence-electron chi connectivity index (χ3n) is 4.99. The Balaban J connectivity index is 1.59. The van der Waals surface area contributed by atoms with Crippen LogP contribution < -0.4 is 9.62 Å². The van der Waals surface area contributed by atoms with Gasteiger partial charge in [0.25, 0.3) is 15.9 Å². The van der Waals surface area contributed by atoms with E-state index in [-0.39, 0.29) is 10.8 Å². The molecule has 0 bridgehead atoms. The molecule has 2 heterocycles. The van der Waals surface area contributed by atoms with Crippen LogP contribution >= 0.6 is 11.5 Å². The third kappa shape index (κ3) is 3.95. The summed E-state index contributed by atoms with van der Waals surface area (Å²) in [6.45, 7) is 2.46. The summed E-state index contributed by atoms with van der Waals surface area (Å²) < 4.78 is 31.6. The zero-order valence-electron chi connectivity index (χ0n) is 16.5. The highest BCUT2D eigenvalue weighted by Gasteiger charge is 2.29. The lowest BCUT2D eigenvalue weighted by atomic mass is 10.0. The minimum Gasteiger partial charge on any atom is -0.321 e. The number of carbonyl (C=O) groups is 1. The quantitative estimate of drug-likeness (QED) is 0.625. The van der Waals surface area contributed by atoms with Gasteiger partial charge in [0.05, 0.1) is 16.3 Å². The molecule has 0 spiro atoms. The van der Waals surface area contributed by atoms with Crippen LogP contribution in [-0.2, 0) is 22.9 Å². The molecule has 1 aliphatic heterocycles. The molecule has 0 fully saturated rings. The molecule has 0 saturated carbocycles. The molecule has 4 rings (SSSR count). The number of anilines is 2. The van der Waals surface area contributed by atoms with E-state index in [1.54, 1.807) is 42.5 Å². The number of hydrogen-bond acceptors (Lipinski definition) is 6. The van der Waals surface area contributed by atoms with Crippen LogP contribution in [0, 0.1) is 0 Å². The number of sulfonamides is 1. The molecule has 0 saturated heterocycles. The van der Waals surface area contributed by atoms with Gasteiger partial charge in [-0.1, -0.05) is 36.0 Å². The van der Waals surface area contributed by atoms with Crippen molar-refractivity contribution in [1.29, 1.82) is 0 Å². The lowest BCUT2D eigenvalue weighted by Crippen LogP contribution is -2.35. The molecule has 1 aliphatic rings. The molecule has 0 atom stereocenters. The number of carbonyl (C=O) groups excluding carboxylic acids is 1. The maximum atomic E-state index is 13.1. The van der Waals surface area contributed by atoms with Crippen LogP contribution in [0.1, 0.15) is 40.7 Å². The molecule has 1 N–H and O–H groups in total. The summed E-state index contributed by atoms with van der Waals surface area (Å²) in [7, 11) is -3.63. The van der Waals surface area contributed by atoms with E-state index in [9.17, 15) is 13.2 Å². The van der Waals surface area contributed by atoms with Gasteiger partial charge >= 0.3 is 0 Å². The van der Waals surface area contributed by atoms with Crippen molar-refractivity contribution in [2.75, 3.05) is 16.2 Å². The van der Waals surface area contributed by atoms with Gasteiger partial charge in [-0.2, -0.15) is 0 Å². The summed E-state index contributed by atoms with van der Waals surface area (Å²) in [6.07, 6.45) is 3.06. The van der Waals surface area contributed by atoms with Crippen LogP contribution in [0.15, 0.2) is 53.4 Å². The summed E-state index contributed by atoms with van der Waals surface area (Å²) in [5.74, 6) is -0.238. The Morgan fingerprint density at radius 2 is 2.00 bits per heavy atom.